The second kappa shape index (κ2) is 9.90. The van der Waals surface area contributed by atoms with Gasteiger partial charge >= 0.3 is 0 Å². The predicted octanol–water partition coefficient (Wildman–Crippen LogP) is 3.99. The molecule has 0 bridgehead atoms. The van der Waals surface area contributed by atoms with Gasteiger partial charge in [-0.05, 0) is 47.5 Å². The van der Waals surface area contributed by atoms with E-state index in [2.05, 4.69) is 20.4 Å². The van der Waals surface area contributed by atoms with Gasteiger partial charge in [0.25, 0.3) is 5.91 Å². The van der Waals surface area contributed by atoms with Crippen LogP contribution in [0.5, 0.6) is 11.5 Å². The van der Waals surface area contributed by atoms with E-state index in [0.29, 0.717) is 29.4 Å². The van der Waals surface area contributed by atoms with E-state index in [0.717, 1.165) is 11.1 Å². The zero-order valence-corrected chi connectivity index (χ0v) is 18.2. The molecule has 2 aromatic carbocycles. The summed E-state index contributed by atoms with van der Waals surface area (Å²) in [6, 6.07) is 15.0. The molecule has 0 atom stereocenters. The second-order valence-electron chi connectivity index (χ2n) is 7.15. The van der Waals surface area contributed by atoms with Crippen LogP contribution in [0.3, 0.4) is 0 Å². The summed E-state index contributed by atoms with van der Waals surface area (Å²) >= 11 is 0. The molecular formula is C24H22FN5O3. The fourth-order valence-corrected chi connectivity index (χ4v) is 3.24. The number of aromatic nitrogens is 4. The van der Waals surface area contributed by atoms with Crippen molar-refractivity contribution in [2.75, 3.05) is 19.5 Å². The monoisotopic (exact) mass is 447 g/mol. The van der Waals surface area contributed by atoms with E-state index in [1.54, 1.807) is 63.0 Å². The van der Waals surface area contributed by atoms with Gasteiger partial charge in [-0.3, -0.25) is 9.78 Å². The van der Waals surface area contributed by atoms with Gasteiger partial charge in [0.1, 0.15) is 5.82 Å². The number of nitrogens with zero attached hydrogens (tertiary/aromatic N) is 4. The fraction of sp³-hybridized carbons (Fsp3) is 0.167. The SMILES string of the molecule is COc1ccc(CC(=O)n2nc(-c3cccnc3)nc2NCc2ccc(F)cc2)cc1OC. The Morgan fingerprint density at radius 3 is 2.48 bits per heavy atom. The van der Waals surface area contributed by atoms with Crippen molar-refractivity contribution in [3.8, 4) is 22.9 Å². The summed E-state index contributed by atoms with van der Waals surface area (Å²) in [5.41, 5.74) is 2.25. The summed E-state index contributed by atoms with van der Waals surface area (Å²) in [5.74, 6) is 1.16. The number of carbonyl (C=O) groups excluding carboxylic acids is 1. The van der Waals surface area contributed by atoms with Crippen LogP contribution in [0.15, 0.2) is 67.0 Å². The zero-order chi connectivity index (χ0) is 23.2. The largest absolute Gasteiger partial charge is 0.493 e. The van der Waals surface area contributed by atoms with Gasteiger partial charge in [0.15, 0.2) is 17.3 Å². The van der Waals surface area contributed by atoms with E-state index in [1.165, 1.54) is 16.8 Å². The molecule has 8 nitrogen and oxygen atoms in total. The maximum absolute atomic E-state index is 13.2. The van der Waals surface area contributed by atoms with Gasteiger partial charge in [-0.1, -0.05) is 18.2 Å². The molecule has 0 spiro atoms. The second-order valence-corrected chi connectivity index (χ2v) is 7.15. The van der Waals surface area contributed by atoms with Crippen molar-refractivity contribution in [1.82, 2.24) is 19.7 Å². The Balaban J connectivity index is 1.61. The summed E-state index contributed by atoms with van der Waals surface area (Å²) in [6.45, 7) is 0.342. The lowest BCUT2D eigenvalue weighted by Gasteiger charge is -2.10. The number of nitrogens with one attached hydrogen (secondary N) is 1. The Hall–Kier alpha value is -4.27. The molecule has 0 radical (unpaired) electrons. The lowest BCUT2D eigenvalue weighted by molar-refractivity contribution is 0.0901. The lowest BCUT2D eigenvalue weighted by Crippen LogP contribution is -2.18. The Labute approximate surface area is 190 Å². The van der Waals surface area contributed by atoms with Crippen molar-refractivity contribution in [2.24, 2.45) is 0 Å². The molecule has 0 fully saturated rings. The standard InChI is InChI=1S/C24H22FN5O3/c1-32-20-10-7-17(12-21(20)33-2)13-22(31)30-24(27-14-16-5-8-19(25)9-6-16)28-23(29-30)18-4-3-11-26-15-18/h3-12,15H,13-14H2,1-2H3,(H,27,28,29). The van der Waals surface area contributed by atoms with Crippen LogP contribution in [0.4, 0.5) is 10.3 Å². The zero-order valence-electron chi connectivity index (χ0n) is 18.2. The molecule has 2 heterocycles. The van der Waals surface area contributed by atoms with Crippen LogP contribution in [0, 0.1) is 5.82 Å². The number of carbonyl (C=O) groups is 1. The molecule has 0 aliphatic rings. The van der Waals surface area contributed by atoms with E-state index in [4.69, 9.17) is 9.47 Å². The molecular weight excluding hydrogens is 425 g/mol. The maximum Gasteiger partial charge on any atom is 0.254 e. The molecule has 33 heavy (non-hydrogen) atoms. The van der Waals surface area contributed by atoms with E-state index in [9.17, 15) is 9.18 Å². The Kier molecular flexibility index (Phi) is 6.58. The fourth-order valence-electron chi connectivity index (χ4n) is 3.24. The van der Waals surface area contributed by atoms with Crippen LogP contribution >= 0.6 is 0 Å². The molecule has 0 aliphatic heterocycles. The molecule has 0 saturated carbocycles. The van der Waals surface area contributed by atoms with Crippen molar-refractivity contribution in [2.45, 2.75) is 13.0 Å². The Bertz CT molecular complexity index is 1240. The summed E-state index contributed by atoms with van der Waals surface area (Å²) in [7, 11) is 3.09. The summed E-state index contributed by atoms with van der Waals surface area (Å²) in [5, 5.41) is 7.54. The molecule has 4 aromatic rings. The number of hydrogen-bond acceptors (Lipinski definition) is 7. The first kappa shape index (κ1) is 21.9. The van der Waals surface area contributed by atoms with Crippen LogP contribution in [0.2, 0.25) is 0 Å². The molecule has 0 unspecified atom stereocenters. The van der Waals surface area contributed by atoms with Gasteiger partial charge in [0, 0.05) is 24.5 Å². The van der Waals surface area contributed by atoms with Gasteiger partial charge in [-0.15, -0.1) is 5.10 Å². The van der Waals surface area contributed by atoms with E-state index in [-0.39, 0.29) is 24.1 Å². The molecule has 0 amide bonds. The number of benzene rings is 2. The third-order valence-corrected chi connectivity index (χ3v) is 4.93. The molecule has 2 aromatic heterocycles. The maximum atomic E-state index is 13.2. The molecule has 0 saturated heterocycles. The topological polar surface area (TPSA) is 91.2 Å². The van der Waals surface area contributed by atoms with Gasteiger partial charge in [0.2, 0.25) is 5.95 Å². The van der Waals surface area contributed by atoms with Crippen molar-refractivity contribution < 1.29 is 18.7 Å². The number of ether oxygens (including phenoxy) is 2. The van der Waals surface area contributed by atoms with E-state index >= 15 is 0 Å². The van der Waals surface area contributed by atoms with Crippen LogP contribution in [-0.4, -0.2) is 39.9 Å². The predicted molar refractivity (Wildman–Crippen MR) is 121 cm³/mol. The summed E-state index contributed by atoms with van der Waals surface area (Å²) < 4.78 is 25.0. The number of methoxy groups -OCH3 is 2. The highest BCUT2D eigenvalue weighted by molar-refractivity contribution is 5.83. The Morgan fingerprint density at radius 2 is 1.79 bits per heavy atom. The number of hydrogen-bond donors (Lipinski definition) is 1. The summed E-state index contributed by atoms with van der Waals surface area (Å²) in [4.78, 5) is 21.8. The first-order valence-corrected chi connectivity index (χ1v) is 10.2. The minimum absolute atomic E-state index is 0.0709. The van der Waals surface area contributed by atoms with E-state index < -0.39 is 0 Å². The average molecular weight is 447 g/mol. The van der Waals surface area contributed by atoms with Gasteiger partial charge in [-0.2, -0.15) is 9.67 Å². The highest BCUT2D eigenvalue weighted by Crippen LogP contribution is 2.28. The van der Waals surface area contributed by atoms with E-state index in [1.807, 2.05) is 6.07 Å². The number of pyridine rings is 1. The first-order valence-electron chi connectivity index (χ1n) is 10.2. The molecule has 4 rings (SSSR count). The van der Waals surface area contributed by atoms with Crippen LogP contribution in [0.1, 0.15) is 15.9 Å². The van der Waals surface area contributed by atoms with Crippen LogP contribution < -0.4 is 14.8 Å². The van der Waals surface area contributed by atoms with Gasteiger partial charge in [0.05, 0.1) is 20.6 Å². The number of rotatable bonds is 8. The highest BCUT2D eigenvalue weighted by atomic mass is 19.1. The number of halogens is 1. The smallest absolute Gasteiger partial charge is 0.254 e. The molecule has 168 valence electrons. The van der Waals surface area contributed by atoms with Crippen molar-refractivity contribution in [3.05, 3.63) is 83.9 Å². The normalized spacial score (nSPS) is 10.6. The third kappa shape index (κ3) is 5.15. The minimum Gasteiger partial charge on any atom is -0.493 e. The average Bonchev–Trinajstić information content (AvgIpc) is 3.28. The first-order chi connectivity index (χ1) is 16.1. The minimum atomic E-state index is -0.314. The highest BCUT2D eigenvalue weighted by Gasteiger charge is 2.18. The van der Waals surface area contributed by atoms with Crippen molar-refractivity contribution in [3.63, 3.8) is 0 Å². The number of anilines is 1. The van der Waals surface area contributed by atoms with Gasteiger partial charge in [-0.25, -0.2) is 4.39 Å². The van der Waals surface area contributed by atoms with Gasteiger partial charge < -0.3 is 14.8 Å². The molecule has 9 heteroatoms. The third-order valence-electron chi connectivity index (χ3n) is 4.93. The van der Waals surface area contributed by atoms with Crippen LogP contribution in [0.25, 0.3) is 11.4 Å². The molecule has 0 aliphatic carbocycles. The quantitative estimate of drug-likeness (QED) is 0.437. The summed E-state index contributed by atoms with van der Waals surface area (Å²) in [6.07, 6.45) is 3.35. The Morgan fingerprint density at radius 1 is 1.03 bits per heavy atom. The van der Waals surface area contributed by atoms with Crippen molar-refractivity contribution >= 4 is 11.9 Å². The molecule has 1 N–H and O–H groups in total. The van der Waals surface area contributed by atoms with Crippen molar-refractivity contribution in [1.29, 1.82) is 0 Å². The lowest BCUT2D eigenvalue weighted by atomic mass is 10.1. The van der Waals surface area contributed by atoms with Crippen LogP contribution in [-0.2, 0) is 13.0 Å².